The third-order valence-corrected chi connectivity index (χ3v) is 5.10. The molecular formula is C20H17N3OS. The van der Waals surface area contributed by atoms with Crippen molar-refractivity contribution < 1.29 is 5.11 Å². The van der Waals surface area contributed by atoms with Crippen LogP contribution in [-0.4, -0.2) is 19.6 Å². The number of aromatic hydroxyl groups is 1. The van der Waals surface area contributed by atoms with Crippen molar-refractivity contribution in [2.45, 2.75) is 13.8 Å². The van der Waals surface area contributed by atoms with Crippen LogP contribution < -0.4 is 0 Å². The van der Waals surface area contributed by atoms with Gasteiger partial charge in [-0.2, -0.15) is 0 Å². The van der Waals surface area contributed by atoms with Crippen LogP contribution in [0.4, 0.5) is 0 Å². The summed E-state index contributed by atoms with van der Waals surface area (Å²) in [6.07, 6.45) is 1.81. The predicted octanol–water partition coefficient (Wildman–Crippen LogP) is 4.99. The molecule has 3 aromatic heterocycles. The maximum Gasteiger partial charge on any atom is 0.136 e. The molecule has 4 nitrogen and oxygen atoms in total. The minimum absolute atomic E-state index is 0.263. The summed E-state index contributed by atoms with van der Waals surface area (Å²) in [5.74, 6) is 1.18. The Morgan fingerprint density at radius 3 is 2.56 bits per heavy atom. The summed E-state index contributed by atoms with van der Waals surface area (Å²) in [5.41, 5.74) is 5.34. The van der Waals surface area contributed by atoms with Gasteiger partial charge in [0.1, 0.15) is 16.6 Å². The summed E-state index contributed by atoms with van der Waals surface area (Å²) < 4.78 is 2.15. The van der Waals surface area contributed by atoms with E-state index in [4.69, 9.17) is 4.98 Å². The molecule has 0 aliphatic heterocycles. The van der Waals surface area contributed by atoms with E-state index < -0.39 is 0 Å². The van der Waals surface area contributed by atoms with Crippen LogP contribution in [0.2, 0.25) is 0 Å². The van der Waals surface area contributed by atoms with Crippen LogP contribution in [-0.2, 0) is 0 Å². The van der Waals surface area contributed by atoms with Gasteiger partial charge in [0, 0.05) is 34.1 Å². The standard InChI is InChI=1S/C20H17N3OS/c1-13-11-17(14(2)23(13)19-5-3-4-10-21-19)18-12-25-20(22-18)15-6-8-16(24)9-7-15/h3-12,24H,1-2H3. The molecule has 5 heteroatoms. The zero-order valence-corrected chi connectivity index (χ0v) is 14.8. The summed E-state index contributed by atoms with van der Waals surface area (Å²) in [5, 5.41) is 12.5. The number of benzene rings is 1. The van der Waals surface area contributed by atoms with Gasteiger partial charge in [0.15, 0.2) is 0 Å². The molecule has 1 aromatic carbocycles. The minimum Gasteiger partial charge on any atom is -0.508 e. The summed E-state index contributed by atoms with van der Waals surface area (Å²) >= 11 is 1.61. The van der Waals surface area contributed by atoms with Crippen LogP contribution >= 0.6 is 11.3 Å². The van der Waals surface area contributed by atoms with Gasteiger partial charge in [-0.3, -0.25) is 0 Å². The van der Waals surface area contributed by atoms with Crippen molar-refractivity contribution >= 4 is 11.3 Å². The third kappa shape index (κ3) is 2.83. The highest BCUT2D eigenvalue weighted by Gasteiger charge is 2.15. The summed E-state index contributed by atoms with van der Waals surface area (Å²) in [7, 11) is 0. The molecule has 0 unspecified atom stereocenters. The van der Waals surface area contributed by atoms with Crippen molar-refractivity contribution in [3.8, 4) is 33.4 Å². The number of aromatic nitrogens is 3. The molecular weight excluding hydrogens is 330 g/mol. The fourth-order valence-electron chi connectivity index (χ4n) is 2.99. The Bertz CT molecular complexity index is 1020. The third-order valence-electron chi connectivity index (χ3n) is 4.20. The lowest BCUT2D eigenvalue weighted by Crippen LogP contribution is -2.01. The van der Waals surface area contributed by atoms with Gasteiger partial charge in [0.05, 0.1) is 5.69 Å². The molecule has 4 rings (SSSR count). The lowest BCUT2D eigenvalue weighted by atomic mass is 10.2. The summed E-state index contributed by atoms with van der Waals surface area (Å²) in [6.45, 7) is 4.18. The van der Waals surface area contributed by atoms with E-state index in [1.807, 2.05) is 30.3 Å². The molecule has 1 N–H and O–H groups in total. The monoisotopic (exact) mass is 347 g/mol. The largest absolute Gasteiger partial charge is 0.508 e. The van der Waals surface area contributed by atoms with Crippen LogP contribution in [0, 0.1) is 13.8 Å². The van der Waals surface area contributed by atoms with Gasteiger partial charge < -0.3 is 9.67 Å². The van der Waals surface area contributed by atoms with Crippen LogP contribution in [0.25, 0.3) is 27.6 Å². The van der Waals surface area contributed by atoms with Crippen molar-refractivity contribution in [1.82, 2.24) is 14.5 Å². The predicted molar refractivity (Wildman–Crippen MR) is 101 cm³/mol. The second-order valence-electron chi connectivity index (χ2n) is 5.89. The average Bonchev–Trinajstić information content (AvgIpc) is 3.21. The van der Waals surface area contributed by atoms with Crippen molar-refractivity contribution in [2.75, 3.05) is 0 Å². The number of pyridine rings is 1. The van der Waals surface area contributed by atoms with Crippen molar-refractivity contribution in [3.05, 3.63) is 71.5 Å². The number of thiazole rings is 1. The molecule has 0 spiro atoms. The molecule has 0 fully saturated rings. The highest BCUT2D eigenvalue weighted by molar-refractivity contribution is 7.13. The van der Waals surface area contributed by atoms with E-state index in [0.29, 0.717) is 0 Å². The topological polar surface area (TPSA) is 50.9 Å². The molecule has 3 heterocycles. The van der Waals surface area contributed by atoms with Gasteiger partial charge in [-0.1, -0.05) is 6.07 Å². The van der Waals surface area contributed by atoms with E-state index in [9.17, 15) is 5.11 Å². The highest BCUT2D eigenvalue weighted by Crippen LogP contribution is 2.33. The molecule has 0 aliphatic carbocycles. The molecule has 124 valence electrons. The highest BCUT2D eigenvalue weighted by atomic mass is 32.1. The van der Waals surface area contributed by atoms with E-state index >= 15 is 0 Å². The van der Waals surface area contributed by atoms with Gasteiger partial charge in [-0.05, 0) is 56.3 Å². The first kappa shape index (κ1) is 15.6. The maximum atomic E-state index is 9.44. The normalized spacial score (nSPS) is 11.0. The number of phenols is 1. The fourth-order valence-corrected chi connectivity index (χ4v) is 3.82. The molecule has 0 radical (unpaired) electrons. The first-order valence-electron chi connectivity index (χ1n) is 7.99. The quantitative estimate of drug-likeness (QED) is 0.568. The Morgan fingerprint density at radius 1 is 1.04 bits per heavy atom. The number of rotatable bonds is 3. The second-order valence-corrected chi connectivity index (χ2v) is 6.75. The van der Waals surface area contributed by atoms with Crippen molar-refractivity contribution in [1.29, 1.82) is 0 Å². The molecule has 0 atom stereocenters. The Labute approximate surface area is 150 Å². The first-order valence-corrected chi connectivity index (χ1v) is 8.87. The maximum absolute atomic E-state index is 9.44. The molecule has 0 saturated heterocycles. The van der Waals surface area contributed by atoms with E-state index in [2.05, 4.69) is 34.8 Å². The molecule has 0 bridgehead atoms. The smallest absolute Gasteiger partial charge is 0.136 e. The van der Waals surface area contributed by atoms with Crippen LogP contribution in [0.15, 0.2) is 60.1 Å². The van der Waals surface area contributed by atoms with Crippen LogP contribution in [0.3, 0.4) is 0 Å². The number of hydrogen-bond donors (Lipinski definition) is 1. The Balaban J connectivity index is 1.75. The van der Waals surface area contributed by atoms with Crippen molar-refractivity contribution in [2.24, 2.45) is 0 Å². The van der Waals surface area contributed by atoms with Crippen LogP contribution in [0.1, 0.15) is 11.4 Å². The Kier molecular flexibility index (Phi) is 3.86. The fraction of sp³-hybridized carbons (Fsp3) is 0.100. The van der Waals surface area contributed by atoms with Gasteiger partial charge in [-0.25, -0.2) is 9.97 Å². The van der Waals surface area contributed by atoms with Crippen molar-refractivity contribution in [3.63, 3.8) is 0 Å². The Hall–Kier alpha value is -2.92. The van der Waals surface area contributed by atoms with Gasteiger partial charge in [-0.15, -0.1) is 11.3 Å². The SMILES string of the molecule is Cc1cc(-c2csc(-c3ccc(O)cc3)n2)c(C)n1-c1ccccn1. The van der Waals surface area contributed by atoms with E-state index in [-0.39, 0.29) is 5.75 Å². The zero-order chi connectivity index (χ0) is 17.4. The molecule has 0 aliphatic rings. The molecule has 0 amide bonds. The van der Waals surface area contributed by atoms with E-state index in [1.54, 1.807) is 29.7 Å². The van der Waals surface area contributed by atoms with Gasteiger partial charge in [0.2, 0.25) is 0 Å². The molecule has 0 saturated carbocycles. The lowest BCUT2D eigenvalue weighted by molar-refractivity contribution is 0.475. The summed E-state index contributed by atoms with van der Waals surface area (Å²) in [4.78, 5) is 9.25. The minimum atomic E-state index is 0.263. The van der Waals surface area contributed by atoms with Crippen LogP contribution in [0.5, 0.6) is 5.75 Å². The van der Waals surface area contributed by atoms with E-state index in [1.165, 1.54) is 0 Å². The summed E-state index contributed by atoms with van der Waals surface area (Å²) in [6, 6.07) is 15.2. The lowest BCUT2D eigenvalue weighted by Gasteiger charge is -2.08. The number of phenolic OH excluding ortho intramolecular Hbond substituents is 1. The number of hydrogen-bond acceptors (Lipinski definition) is 4. The van der Waals surface area contributed by atoms with E-state index in [0.717, 1.165) is 39.0 Å². The Morgan fingerprint density at radius 2 is 1.84 bits per heavy atom. The zero-order valence-electron chi connectivity index (χ0n) is 14.0. The second kappa shape index (κ2) is 6.18. The van der Waals surface area contributed by atoms with Gasteiger partial charge >= 0.3 is 0 Å². The molecule has 4 aromatic rings. The van der Waals surface area contributed by atoms with Gasteiger partial charge in [0.25, 0.3) is 0 Å². The first-order chi connectivity index (χ1) is 12.1. The number of aryl methyl sites for hydroxylation is 1. The number of nitrogens with zero attached hydrogens (tertiary/aromatic N) is 3. The average molecular weight is 347 g/mol. The molecule has 25 heavy (non-hydrogen) atoms.